The van der Waals surface area contributed by atoms with E-state index in [4.69, 9.17) is 8.37 Å². The van der Waals surface area contributed by atoms with Gasteiger partial charge in [0.15, 0.2) is 0 Å². The molecule has 2 N–H and O–H groups in total. The zero-order valence-corrected chi connectivity index (χ0v) is 16.0. The van der Waals surface area contributed by atoms with E-state index in [1.807, 2.05) is 48.5 Å². The topological polar surface area (TPSA) is 110 Å². The molecule has 28 heavy (non-hydrogen) atoms. The molecule has 0 bridgehead atoms. The summed E-state index contributed by atoms with van der Waals surface area (Å²) in [4.78, 5) is 38.3. The van der Waals surface area contributed by atoms with E-state index in [9.17, 15) is 9.59 Å². The molecule has 0 amide bonds. The van der Waals surface area contributed by atoms with E-state index in [1.165, 1.54) is 0 Å². The number of benzene rings is 2. The molecule has 2 aromatic heterocycles. The van der Waals surface area contributed by atoms with E-state index in [1.54, 1.807) is 0 Å². The average Bonchev–Trinajstić information content (AvgIpc) is 3.32. The fourth-order valence-electron chi connectivity index (χ4n) is 2.40. The second-order valence-electron chi connectivity index (χ2n) is 5.70. The molecule has 0 aliphatic carbocycles. The molecule has 0 radical (unpaired) electrons. The van der Waals surface area contributed by atoms with E-state index >= 15 is 0 Å². The SMILES string of the molecule is O=C(CCC(=O)OSc1nc2ccccc2[nH]1)OSc1nc2ccccc2[nH]1. The Morgan fingerprint density at radius 3 is 1.61 bits per heavy atom. The fraction of sp³-hybridized carbons (Fsp3) is 0.111. The van der Waals surface area contributed by atoms with Crippen LogP contribution in [0.4, 0.5) is 0 Å². The summed E-state index contributed by atoms with van der Waals surface area (Å²) in [5.41, 5.74) is 3.28. The number of fused-ring (bicyclic) bond motifs is 2. The summed E-state index contributed by atoms with van der Waals surface area (Å²) in [5.74, 6) is -1.06. The lowest BCUT2D eigenvalue weighted by molar-refractivity contribution is -0.139. The van der Waals surface area contributed by atoms with Gasteiger partial charge in [0.25, 0.3) is 0 Å². The summed E-state index contributed by atoms with van der Waals surface area (Å²) in [7, 11) is 0. The molecule has 0 spiro atoms. The van der Waals surface area contributed by atoms with Crippen molar-refractivity contribution in [2.75, 3.05) is 0 Å². The molecule has 0 aliphatic rings. The van der Waals surface area contributed by atoms with Crippen LogP contribution in [0.2, 0.25) is 0 Å². The van der Waals surface area contributed by atoms with Crippen LogP contribution in [0.1, 0.15) is 12.8 Å². The van der Waals surface area contributed by atoms with Crippen LogP contribution in [0.15, 0.2) is 58.8 Å². The van der Waals surface area contributed by atoms with Gasteiger partial charge in [0, 0.05) is 0 Å². The number of nitrogens with zero attached hydrogens (tertiary/aromatic N) is 2. The average molecular weight is 414 g/mol. The van der Waals surface area contributed by atoms with Crippen molar-refractivity contribution in [2.45, 2.75) is 23.2 Å². The number of hydrogen-bond acceptors (Lipinski definition) is 8. The molecular weight excluding hydrogens is 400 g/mol. The monoisotopic (exact) mass is 414 g/mol. The van der Waals surface area contributed by atoms with Crippen LogP contribution in [0.5, 0.6) is 0 Å². The maximum absolute atomic E-state index is 11.8. The summed E-state index contributed by atoms with van der Waals surface area (Å²) < 4.78 is 10.1. The van der Waals surface area contributed by atoms with E-state index in [2.05, 4.69) is 19.9 Å². The number of carbonyl (C=O) groups is 2. The Hall–Kier alpha value is -2.98. The predicted octanol–water partition coefficient (Wildman–Crippen LogP) is 4.02. The molecule has 0 saturated carbocycles. The van der Waals surface area contributed by atoms with E-state index in [0.29, 0.717) is 10.3 Å². The number of aromatic amines is 2. The second-order valence-corrected chi connectivity index (χ2v) is 7.14. The van der Waals surface area contributed by atoms with Crippen molar-refractivity contribution >= 4 is 58.1 Å². The highest BCUT2D eigenvalue weighted by molar-refractivity contribution is 7.95. The smallest absolute Gasteiger partial charge is 0.318 e. The van der Waals surface area contributed by atoms with Crippen LogP contribution < -0.4 is 0 Å². The highest BCUT2D eigenvalue weighted by Crippen LogP contribution is 2.22. The first-order valence-corrected chi connectivity index (χ1v) is 9.80. The van der Waals surface area contributed by atoms with Crippen LogP contribution in [0.3, 0.4) is 0 Å². The van der Waals surface area contributed by atoms with Gasteiger partial charge >= 0.3 is 11.9 Å². The summed E-state index contributed by atoms with van der Waals surface area (Å²) in [6.45, 7) is 0. The Morgan fingerprint density at radius 1 is 0.750 bits per heavy atom. The maximum Gasteiger partial charge on any atom is 0.318 e. The van der Waals surface area contributed by atoms with Gasteiger partial charge in [0.05, 0.1) is 34.9 Å². The number of nitrogens with one attached hydrogen (secondary N) is 2. The van der Waals surface area contributed by atoms with Crippen molar-refractivity contribution in [1.29, 1.82) is 0 Å². The van der Waals surface area contributed by atoms with Gasteiger partial charge in [0.1, 0.15) is 24.1 Å². The number of H-pyrrole nitrogens is 2. The van der Waals surface area contributed by atoms with E-state index in [0.717, 1.165) is 46.2 Å². The minimum Gasteiger partial charge on any atom is -0.383 e. The first-order valence-electron chi connectivity index (χ1n) is 8.31. The molecule has 4 aromatic rings. The quantitative estimate of drug-likeness (QED) is 0.436. The lowest BCUT2D eigenvalue weighted by Crippen LogP contribution is -2.05. The molecule has 4 rings (SSSR count). The molecular formula is C18H14N4O4S2. The molecule has 142 valence electrons. The predicted molar refractivity (Wildman–Crippen MR) is 105 cm³/mol. The Labute approximate surface area is 167 Å². The Bertz CT molecular complexity index is 985. The van der Waals surface area contributed by atoms with Gasteiger partial charge in [-0.15, -0.1) is 0 Å². The lowest BCUT2D eigenvalue weighted by Gasteiger charge is -2.01. The van der Waals surface area contributed by atoms with Gasteiger partial charge in [-0.1, -0.05) is 24.3 Å². The highest BCUT2D eigenvalue weighted by atomic mass is 32.2. The van der Waals surface area contributed by atoms with Gasteiger partial charge in [-0.25, -0.2) is 9.97 Å². The lowest BCUT2D eigenvalue weighted by atomic mass is 10.3. The molecule has 0 unspecified atom stereocenters. The molecule has 0 saturated heterocycles. The third-order valence-corrected chi connectivity index (χ3v) is 4.94. The Balaban J connectivity index is 1.20. The van der Waals surface area contributed by atoms with Crippen LogP contribution >= 0.6 is 24.1 Å². The van der Waals surface area contributed by atoms with Crippen molar-refractivity contribution in [3.8, 4) is 0 Å². The normalized spacial score (nSPS) is 11.0. The number of carbonyl (C=O) groups excluding carboxylic acids is 2. The second kappa shape index (κ2) is 8.36. The van der Waals surface area contributed by atoms with E-state index in [-0.39, 0.29) is 12.8 Å². The van der Waals surface area contributed by atoms with Crippen LogP contribution in [-0.4, -0.2) is 31.9 Å². The van der Waals surface area contributed by atoms with Crippen LogP contribution in [0.25, 0.3) is 22.1 Å². The van der Waals surface area contributed by atoms with Gasteiger partial charge in [-0.05, 0) is 24.3 Å². The van der Waals surface area contributed by atoms with Crippen LogP contribution in [-0.2, 0) is 18.0 Å². The molecule has 8 nitrogen and oxygen atoms in total. The molecule has 0 atom stereocenters. The first-order chi connectivity index (χ1) is 13.7. The summed E-state index contributed by atoms with van der Waals surface area (Å²) >= 11 is 1.66. The van der Waals surface area contributed by atoms with Gasteiger partial charge in [0.2, 0.25) is 10.3 Å². The summed E-state index contributed by atoms with van der Waals surface area (Å²) in [5, 5.41) is 0.940. The number of rotatable bonds is 7. The highest BCUT2D eigenvalue weighted by Gasteiger charge is 2.13. The van der Waals surface area contributed by atoms with Gasteiger partial charge < -0.3 is 18.3 Å². The molecule has 0 fully saturated rings. The third kappa shape index (κ3) is 4.46. The standard InChI is InChI=1S/C18H14N4O4S2/c23-15(25-27-17-19-11-5-1-2-6-12(11)20-17)9-10-16(24)26-28-18-21-13-7-3-4-8-14(13)22-18/h1-8H,9-10H2,(H,19,20)(H,21,22). The summed E-state index contributed by atoms with van der Waals surface area (Å²) in [6, 6.07) is 15.0. The zero-order valence-electron chi connectivity index (χ0n) is 14.4. The molecule has 2 heterocycles. The zero-order chi connectivity index (χ0) is 19.3. The Morgan fingerprint density at radius 2 is 1.18 bits per heavy atom. The molecule has 2 aromatic carbocycles. The largest absolute Gasteiger partial charge is 0.383 e. The van der Waals surface area contributed by atoms with Crippen molar-refractivity contribution in [2.24, 2.45) is 0 Å². The number of para-hydroxylation sites is 4. The maximum atomic E-state index is 11.8. The molecule has 10 heteroatoms. The van der Waals surface area contributed by atoms with Gasteiger partial charge in [-0.2, -0.15) is 0 Å². The van der Waals surface area contributed by atoms with Crippen molar-refractivity contribution in [3.05, 3.63) is 48.5 Å². The summed E-state index contributed by atoms with van der Waals surface area (Å²) in [6.07, 6.45) is -0.181. The third-order valence-electron chi connectivity index (χ3n) is 3.70. The number of hydrogen-bond donors (Lipinski definition) is 2. The first kappa shape index (κ1) is 18.4. The van der Waals surface area contributed by atoms with Crippen molar-refractivity contribution in [3.63, 3.8) is 0 Å². The molecule has 0 aliphatic heterocycles. The minimum absolute atomic E-state index is 0.0905. The van der Waals surface area contributed by atoms with Crippen molar-refractivity contribution < 1.29 is 18.0 Å². The fourth-order valence-corrected chi connectivity index (χ4v) is 3.48. The Kier molecular flexibility index (Phi) is 5.49. The minimum atomic E-state index is -0.531. The van der Waals surface area contributed by atoms with Gasteiger partial charge in [-0.3, -0.25) is 9.59 Å². The number of imidazole rings is 2. The van der Waals surface area contributed by atoms with Crippen LogP contribution in [0, 0.1) is 0 Å². The number of aromatic nitrogens is 4. The van der Waals surface area contributed by atoms with E-state index < -0.39 is 11.9 Å². The van der Waals surface area contributed by atoms with Crippen molar-refractivity contribution in [1.82, 2.24) is 19.9 Å².